The van der Waals surface area contributed by atoms with E-state index in [1.165, 1.54) is 43.2 Å². The van der Waals surface area contributed by atoms with Crippen molar-refractivity contribution in [1.82, 2.24) is 28.2 Å². The smallest absolute Gasteiger partial charge is 0.160 e. The van der Waals surface area contributed by atoms with Crippen molar-refractivity contribution in [1.29, 1.82) is 0 Å². The Balaban J connectivity index is 1.00. The molecule has 0 saturated heterocycles. The summed E-state index contributed by atoms with van der Waals surface area (Å²) in [7, 11) is 0. The molecule has 0 spiro atoms. The summed E-state index contributed by atoms with van der Waals surface area (Å²) in [5, 5.41) is 9.61. The summed E-state index contributed by atoms with van der Waals surface area (Å²) in [6, 6.07) is 115. The highest BCUT2D eigenvalue weighted by molar-refractivity contribution is 6.26. The first-order valence-corrected chi connectivity index (χ1v) is 30.1. The number of para-hydroxylation sites is 7. The molecule has 18 rings (SSSR count). The Morgan fingerprint density at radius 1 is 0.216 bits per heavy atom. The van der Waals surface area contributed by atoms with Crippen LogP contribution in [0.4, 0.5) is 0 Å². The second-order valence-corrected chi connectivity index (χ2v) is 22.9. The fraction of sp³-hybridized carbons (Fsp3) is 0. The lowest BCUT2D eigenvalue weighted by atomic mass is 9.91. The van der Waals surface area contributed by atoms with Crippen LogP contribution in [-0.2, 0) is 0 Å². The molecule has 0 aliphatic carbocycles. The minimum Gasteiger partial charge on any atom is -0.309 e. The van der Waals surface area contributed by atoms with Gasteiger partial charge < -0.3 is 18.3 Å². The number of hydrogen-bond donors (Lipinski definition) is 0. The van der Waals surface area contributed by atoms with Crippen LogP contribution < -0.4 is 0 Å². The molecule has 0 fully saturated rings. The van der Waals surface area contributed by atoms with Crippen LogP contribution in [0.1, 0.15) is 0 Å². The third kappa shape index (κ3) is 7.69. The second kappa shape index (κ2) is 19.9. The zero-order valence-electron chi connectivity index (χ0n) is 47.7. The highest BCUT2D eigenvalue weighted by Gasteiger charge is 2.27. The Morgan fingerprint density at radius 3 is 1.05 bits per heavy atom. The van der Waals surface area contributed by atoms with Gasteiger partial charge in [-0.05, 0) is 108 Å². The fourth-order valence-corrected chi connectivity index (χ4v) is 14.2. The maximum Gasteiger partial charge on any atom is 0.160 e. The highest BCUT2D eigenvalue weighted by Crippen LogP contribution is 2.48. The van der Waals surface area contributed by atoms with E-state index < -0.39 is 0 Å². The van der Waals surface area contributed by atoms with Crippen molar-refractivity contribution < 1.29 is 0 Å². The number of benzene rings is 13. The van der Waals surface area contributed by atoms with Crippen LogP contribution in [0.5, 0.6) is 0 Å². The van der Waals surface area contributed by atoms with E-state index in [2.05, 4.69) is 334 Å². The van der Waals surface area contributed by atoms with Gasteiger partial charge in [-0.15, -0.1) is 0 Å². The lowest BCUT2D eigenvalue weighted by molar-refractivity contribution is 1.16. The molecular weight excluding hydrogens is 1070 g/mol. The molecule has 0 aliphatic rings. The van der Waals surface area contributed by atoms with Gasteiger partial charge in [0.05, 0.1) is 61.2 Å². The molecule has 13 aromatic carbocycles. The van der Waals surface area contributed by atoms with Crippen molar-refractivity contribution in [3.63, 3.8) is 0 Å². The number of rotatable bonds is 9. The SMILES string of the molecule is c1ccc(-c2cc(-c3ccccc3)nc(-c3cc(-c4cccc(-n5c6ccccc6c6ccccc65)c4)c(-n4c5ccccc5c5c4ccc4c6ccccc6n(-c6ccccc6)c45)c(-c4cccc(-n5c6ccccc6c6ccccc65)c4)c3)n2)cc1. The van der Waals surface area contributed by atoms with Gasteiger partial charge in [-0.1, -0.05) is 218 Å². The molecular formula is C82H52N6. The van der Waals surface area contributed by atoms with E-state index in [1.807, 2.05) is 0 Å². The standard InChI is InChI=1S/C82H52N6/c1-4-24-53(25-5-1)70-52-71(54-26-6-2-7-27-54)84-82(83-70)57-50-68(55-28-22-32-59(48-55)85-72-40-16-10-34-61(72)62-35-11-17-41-73(62)85)80(69(51-57)56-29-23-33-60(49-56)86-74-42-18-12-36-63(74)64-37-13-19-43-75(64)86)88-77-45-21-15-39-67(77)79-78(88)47-46-66-65-38-14-20-44-76(65)87(81(66)79)58-30-8-3-9-31-58/h1-52H. The molecule has 0 unspecified atom stereocenters. The van der Waals surface area contributed by atoms with Crippen LogP contribution in [0.2, 0.25) is 0 Å². The summed E-state index contributed by atoms with van der Waals surface area (Å²) < 4.78 is 9.88. The van der Waals surface area contributed by atoms with Crippen LogP contribution in [-0.4, -0.2) is 28.2 Å². The summed E-state index contributed by atoms with van der Waals surface area (Å²) in [6.07, 6.45) is 0. The normalized spacial score (nSPS) is 11.9. The third-order valence-electron chi connectivity index (χ3n) is 17.9. The van der Waals surface area contributed by atoms with E-state index in [4.69, 9.17) is 9.97 Å². The van der Waals surface area contributed by atoms with E-state index >= 15 is 0 Å². The van der Waals surface area contributed by atoms with Gasteiger partial charge in [-0.2, -0.15) is 0 Å². The van der Waals surface area contributed by atoms with Crippen molar-refractivity contribution in [3.8, 4) is 78.9 Å². The minimum absolute atomic E-state index is 0.627. The first-order valence-electron chi connectivity index (χ1n) is 30.1. The maximum absolute atomic E-state index is 5.58. The Kier molecular flexibility index (Phi) is 11.2. The summed E-state index contributed by atoms with van der Waals surface area (Å²) in [5.41, 5.74) is 22.1. The minimum atomic E-state index is 0.627. The quantitative estimate of drug-likeness (QED) is 0.145. The van der Waals surface area contributed by atoms with E-state index in [0.29, 0.717) is 5.82 Å². The van der Waals surface area contributed by atoms with E-state index in [9.17, 15) is 0 Å². The van der Waals surface area contributed by atoms with Gasteiger partial charge in [0.1, 0.15) is 0 Å². The zero-order valence-corrected chi connectivity index (χ0v) is 47.7. The molecule has 0 radical (unpaired) electrons. The molecule has 0 saturated carbocycles. The van der Waals surface area contributed by atoms with Crippen molar-refractivity contribution in [2.75, 3.05) is 0 Å². The topological polar surface area (TPSA) is 45.5 Å². The van der Waals surface area contributed by atoms with Crippen molar-refractivity contribution in [2.45, 2.75) is 0 Å². The Labute approximate surface area is 507 Å². The van der Waals surface area contributed by atoms with Gasteiger partial charge in [0, 0.05) is 88.0 Å². The average molecular weight is 1120 g/mol. The molecule has 0 amide bonds. The van der Waals surface area contributed by atoms with Gasteiger partial charge in [0.25, 0.3) is 0 Å². The lowest BCUT2D eigenvalue weighted by Gasteiger charge is -2.22. The van der Waals surface area contributed by atoms with Crippen LogP contribution in [0.3, 0.4) is 0 Å². The van der Waals surface area contributed by atoms with Gasteiger partial charge in [-0.3, -0.25) is 0 Å². The predicted octanol–water partition coefficient (Wildman–Crippen LogP) is 21.2. The molecule has 5 aromatic heterocycles. The Bertz CT molecular complexity index is 5460. The van der Waals surface area contributed by atoms with Crippen molar-refractivity contribution >= 4 is 87.2 Å². The van der Waals surface area contributed by atoms with Gasteiger partial charge in [0.15, 0.2) is 5.82 Å². The largest absolute Gasteiger partial charge is 0.309 e. The molecule has 410 valence electrons. The molecule has 5 heterocycles. The number of nitrogens with zero attached hydrogens (tertiary/aromatic N) is 6. The number of aromatic nitrogens is 6. The van der Waals surface area contributed by atoms with Crippen molar-refractivity contribution in [3.05, 3.63) is 315 Å². The molecule has 88 heavy (non-hydrogen) atoms. The van der Waals surface area contributed by atoms with Gasteiger partial charge >= 0.3 is 0 Å². The molecule has 0 atom stereocenters. The lowest BCUT2D eigenvalue weighted by Crippen LogP contribution is -2.04. The highest BCUT2D eigenvalue weighted by atomic mass is 15.0. The summed E-state index contributed by atoms with van der Waals surface area (Å²) in [4.78, 5) is 11.2. The van der Waals surface area contributed by atoms with E-state index in [1.54, 1.807) is 0 Å². The van der Waals surface area contributed by atoms with Crippen LogP contribution in [0.25, 0.3) is 166 Å². The van der Waals surface area contributed by atoms with Gasteiger partial charge in [-0.25, -0.2) is 9.97 Å². The summed E-state index contributed by atoms with van der Waals surface area (Å²) in [5.74, 6) is 0.627. The van der Waals surface area contributed by atoms with Crippen molar-refractivity contribution in [2.24, 2.45) is 0 Å². The van der Waals surface area contributed by atoms with Crippen LogP contribution in [0.15, 0.2) is 315 Å². The molecule has 6 nitrogen and oxygen atoms in total. The summed E-state index contributed by atoms with van der Waals surface area (Å²) in [6.45, 7) is 0. The molecule has 0 bridgehead atoms. The monoisotopic (exact) mass is 1120 g/mol. The number of fused-ring (bicyclic) bond motifs is 13. The molecule has 0 N–H and O–H groups in total. The van der Waals surface area contributed by atoms with E-state index in [-0.39, 0.29) is 0 Å². The Hall–Kier alpha value is -11.9. The van der Waals surface area contributed by atoms with Gasteiger partial charge in [0.2, 0.25) is 0 Å². The van der Waals surface area contributed by atoms with Crippen LogP contribution >= 0.6 is 0 Å². The number of hydrogen-bond acceptors (Lipinski definition) is 2. The molecule has 0 aliphatic heterocycles. The molecule has 6 heteroatoms. The zero-order chi connectivity index (χ0) is 57.8. The third-order valence-corrected chi connectivity index (χ3v) is 17.9. The second-order valence-electron chi connectivity index (χ2n) is 22.9. The first kappa shape index (κ1) is 49.6. The van der Waals surface area contributed by atoms with Crippen LogP contribution in [0, 0.1) is 0 Å². The Morgan fingerprint density at radius 2 is 0.580 bits per heavy atom. The predicted molar refractivity (Wildman–Crippen MR) is 367 cm³/mol. The fourth-order valence-electron chi connectivity index (χ4n) is 14.2. The first-order chi connectivity index (χ1) is 43.7. The molecule has 18 aromatic rings. The van der Waals surface area contributed by atoms with E-state index in [0.717, 1.165) is 117 Å². The average Bonchev–Trinajstić information content (AvgIpc) is 1.66. The maximum atomic E-state index is 5.58. The summed E-state index contributed by atoms with van der Waals surface area (Å²) >= 11 is 0.